The van der Waals surface area contributed by atoms with Gasteiger partial charge >= 0.3 is 5.97 Å². The second-order valence-electron chi connectivity index (χ2n) is 7.16. The van der Waals surface area contributed by atoms with Gasteiger partial charge in [-0.1, -0.05) is 12.1 Å². The van der Waals surface area contributed by atoms with Crippen molar-refractivity contribution in [1.29, 1.82) is 0 Å². The summed E-state index contributed by atoms with van der Waals surface area (Å²) in [6.45, 7) is 7.85. The van der Waals surface area contributed by atoms with Gasteiger partial charge < -0.3 is 14.6 Å². The van der Waals surface area contributed by atoms with Crippen molar-refractivity contribution in [3.05, 3.63) is 69.9 Å². The zero-order valence-electron chi connectivity index (χ0n) is 17.8. The minimum absolute atomic E-state index is 0.00789. The molecule has 0 aromatic heterocycles. The van der Waals surface area contributed by atoms with Crippen molar-refractivity contribution in [3.8, 4) is 11.5 Å². The molecule has 6 heteroatoms. The van der Waals surface area contributed by atoms with Crippen LogP contribution in [-0.4, -0.2) is 30.7 Å². The average molecular weight is 407 g/mol. The Balaban J connectivity index is 2.14. The maximum atomic E-state index is 13.4. The van der Waals surface area contributed by atoms with E-state index in [-0.39, 0.29) is 22.8 Å². The lowest BCUT2D eigenvalue weighted by Gasteiger charge is -2.19. The Hall–Kier alpha value is -3.54. The zero-order valence-corrected chi connectivity index (χ0v) is 17.8. The predicted molar refractivity (Wildman–Crippen MR) is 115 cm³/mol. The Kier molecular flexibility index (Phi) is 5.96. The predicted octanol–water partition coefficient (Wildman–Crippen LogP) is 4.28. The van der Waals surface area contributed by atoms with Crippen LogP contribution < -0.4 is 9.64 Å². The molecule has 3 rings (SSSR count). The van der Waals surface area contributed by atoms with E-state index in [0.717, 1.165) is 11.1 Å². The number of carbonyl (C=O) groups excluding carboxylic acids is 2. The average Bonchev–Trinajstić information content (AvgIpc) is 2.93. The summed E-state index contributed by atoms with van der Waals surface area (Å²) in [5.41, 5.74) is 4.30. The molecule has 0 atom stereocenters. The number of ether oxygens (including phenoxy) is 2. The van der Waals surface area contributed by atoms with Crippen LogP contribution in [-0.2, 0) is 14.3 Å². The minimum Gasteiger partial charge on any atom is -0.504 e. The summed E-state index contributed by atoms with van der Waals surface area (Å²) < 4.78 is 10.4. The van der Waals surface area contributed by atoms with E-state index in [0.29, 0.717) is 29.3 Å². The molecule has 0 radical (unpaired) electrons. The molecule has 1 heterocycles. The normalized spacial score (nSPS) is 15.2. The number of amides is 1. The Morgan fingerprint density at radius 3 is 2.37 bits per heavy atom. The summed E-state index contributed by atoms with van der Waals surface area (Å²) in [6, 6.07) is 10.6. The Labute approximate surface area is 176 Å². The number of carbonyl (C=O) groups is 2. The highest BCUT2D eigenvalue weighted by Gasteiger charge is 2.38. The van der Waals surface area contributed by atoms with Gasteiger partial charge in [0.25, 0.3) is 5.91 Å². The largest absolute Gasteiger partial charge is 0.504 e. The highest BCUT2D eigenvalue weighted by atomic mass is 16.5. The van der Waals surface area contributed by atoms with E-state index in [4.69, 9.17) is 9.47 Å². The molecule has 2 aromatic carbocycles. The molecule has 2 aromatic rings. The fourth-order valence-corrected chi connectivity index (χ4v) is 3.63. The third-order valence-electron chi connectivity index (χ3n) is 4.85. The molecule has 1 aliphatic heterocycles. The van der Waals surface area contributed by atoms with E-state index < -0.39 is 5.97 Å². The standard InChI is InChI=1S/C24H25NO5/c1-6-30-21-13-17(7-8-20(21)26)12-19-22(24(28)29-5)16(4)25(23(19)27)18-10-14(2)9-15(3)11-18/h7-13,26H,6H2,1-5H3/b19-12-. The van der Waals surface area contributed by atoms with Gasteiger partial charge in [-0.2, -0.15) is 0 Å². The quantitative estimate of drug-likeness (QED) is 0.591. The molecule has 1 amide bonds. The SMILES string of the molecule is CCOc1cc(/C=C2\C(=O)N(c3cc(C)cc(C)c3)C(C)=C2C(=O)OC)ccc1O. The fourth-order valence-electron chi connectivity index (χ4n) is 3.63. The Morgan fingerprint density at radius 1 is 1.10 bits per heavy atom. The number of methoxy groups -OCH3 is 1. The van der Waals surface area contributed by atoms with Crippen molar-refractivity contribution in [2.24, 2.45) is 0 Å². The third-order valence-corrected chi connectivity index (χ3v) is 4.85. The van der Waals surface area contributed by atoms with Gasteiger partial charge in [-0.25, -0.2) is 4.79 Å². The van der Waals surface area contributed by atoms with Gasteiger partial charge in [-0.15, -0.1) is 0 Å². The maximum absolute atomic E-state index is 13.4. The Morgan fingerprint density at radius 2 is 1.77 bits per heavy atom. The van der Waals surface area contributed by atoms with Crippen molar-refractivity contribution in [2.45, 2.75) is 27.7 Å². The molecule has 30 heavy (non-hydrogen) atoms. The monoisotopic (exact) mass is 407 g/mol. The van der Waals surface area contributed by atoms with Crippen LogP contribution in [0.2, 0.25) is 0 Å². The molecule has 0 saturated heterocycles. The number of rotatable bonds is 5. The van der Waals surface area contributed by atoms with Crippen molar-refractivity contribution >= 4 is 23.6 Å². The summed E-state index contributed by atoms with van der Waals surface area (Å²) in [7, 11) is 1.29. The van der Waals surface area contributed by atoms with E-state index in [2.05, 4.69) is 0 Å². The molecule has 0 aliphatic carbocycles. The second-order valence-corrected chi connectivity index (χ2v) is 7.16. The molecule has 6 nitrogen and oxygen atoms in total. The number of phenols is 1. The molecule has 0 spiro atoms. The van der Waals surface area contributed by atoms with Gasteiger partial charge in [0.2, 0.25) is 0 Å². The molecule has 0 bridgehead atoms. The van der Waals surface area contributed by atoms with Crippen LogP contribution in [0, 0.1) is 13.8 Å². The van der Waals surface area contributed by atoms with Gasteiger partial charge in [-0.05, 0) is 74.7 Å². The van der Waals surface area contributed by atoms with Crippen molar-refractivity contribution in [1.82, 2.24) is 0 Å². The zero-order chi connectivity index (χ0) is 22.0. The smallest absolute Gasteiger partial charge is 0.340 e. The highest BCUT2D eigenvalue weighted by Crippen LogP contribution is 2.37. The highest BCUT2D eigenvalue weighted by molar-refractivity contribution is 6.23. The first kappa shape index (κ1) is 21.2. The molecule has 0 unspecified atom stereocenters. The van der Waals surface area contributed by atoms with Crippen LogP contribution >= 0.6 is 0 Å². The molecule has 1 N–H and O–H groups in total. The third kappa shape index (κ3) is 3.94. The lowest BCUT2D eigenvalue weighted by molar-refractivity contribution is -0.136. The number of aromatic hydroxyl groups is 1. The van der Waals surface area contributed by atoms with Gasteiger partial charge in [0.1, 0.15) is 0 Å². The number of aryl methyl sites for hydroxylation is 2. The lowest BCUT2D eigenvalue weighted by Crippen LogP contribution is -2.24. The first-order chi connectivity index (χ1) is 14.3. The van der Waals surface area contributed by atoms with Crippen molar-refractivity contribution in [3.63, 3.8) is 0 Å². The topological polar surface area (TPSA) is 76.1 Å². The van der Waals surface area contributed by atoms with Gasteiger partial charge in [0, 0.05) is 11.4 Å². The van der Waals surface area contributed by atoms with Crippen molar-refractivity contribution < 1.29 is 24.2 Å². The summed E-state index contributed by atoms with van der Waals surface area (Å²) in [5.74, 6) is -0.580. The summed E-state index contributed by atoms with van der Waals surface area (Å²) in [6.07, 6.45) is 1.61. The van der Waals surface area contributed by atoms with Crippen LogP contribution in [0.1, 0.15) is 30.5 Å². The number of benzene rings is 2. The number of hydrogen-bond acceptors (Lipinski definition) is 5. The number of nitrogens with zero attached hydrogens (tertiary/aromatic N) is 1. The van der Waals surface area contributed by atoms with E-state index >= 15 is 0 Å². The molecule has 1 aliphatic rings. The maximum Gasteiger partial charge on any atom is 0.340 e. The second kappa shape index (κ2) is 8.45. The van der Waals surface area contributed by atoms with Gasteiger partial charge in [0.05, 0.1) is 24.9 Å². The molecular weight excluding hydrogens is 382 g/mol. The van der Waals surface area contributed by atoms with E-state index in [9.17, 15) is 14.7 Å². The van der Waals surface area contributed by atoms with E-state index in [1.54, 1.807) is 25.1 Å². The molecule has 0 fully saturated rings. The van der Waals surface area contributed by atoms with Crippen LogP contribution in [0.25, 0.3) is 6.08 Å². The Bertz CT molecular complexity index is 1060. The van der Waals surface area contributed by atoms with Crippen LogP contribution in [0.3, 0.4) is 0 Å². The number of anilines is 1. The lowest BCUT2D eigenvalue weighted by atomic mass is 10.0. The molecular formula is C24H25NO5. The first-order valence-electron chi connectivity index (χ1n) is 9.66. The van der Waals surface area contributed by atoms with Crippen molar-refractivity contribution in [2.75, 3.05) is 18.6 Å². The number of allylic oxidation sites excluding steroid dienone is 1. The van der Waals surface area contributed by atoms with Gasteiger partial charge in [-0.3, -0.25) is 9.69 Å². The van der Waals surface area contributed by atoms with Crippen LogP contribution in [0.4, 0.5) is 5.69 Å². The fraction of sp³-hybridized carbons (Fsp3) is 0.250. The summed E-state index contributed by atoms with van der Waals surface area (Å²) in [4.78, 5) is 27.4. The van der Waals surface area contributed by atoms with Gasteiger partial charge in [0.15, 0.2) is 11.5 Å². The number of phenolic OH excluding ortho intramolecular Hbond substituents is 1. The van der Waals surface area contributed by atoms with Crippen LogP contribution in [0.5, 0.6) is 11.5 Å². The molecule has 156 valence electrons. The van der Waals surface area contributed by atoms with E-state index in [1.165, 1.54) is 18.1 Å². The molecule has 0 saturated carbocycles. The van der Waals surface area contributed by atoms with Crippen LogP contribution in [0.15, 0.2) is 53.2 Å². The summed E-state index contributed by atoms with van der Waals surface area (Å²) >= 11 is 0. The summed E-state index contributed by atoms with van der Waals surface area (Å²) in [5, 5.41) is 9.94. The van der Waals surface area contributed by atoms with E-state index in [1.807, 2.05) is 39.0 Å². The minimum atomic E-state index is -0.581. The first-order valence-corrected chi connectivity index (χ1v) is 9.66. The number of esters is 1. The number of hydrogen-bond donors (Lipinski definition) is 1.